The highest BCUT2D eigenvalue weighted by Crippen LogP contribution is 2.33. The van der Waals surface area contributed by atoms with Crippen molar-refractivity contribution in [2.45, 2.75) is 58.8 Å². The van der Waals surface area contributed by atoms with E-state index in [4.69, 9.17) is 10.8 Å². The number of hydrogen-bond donors (Lipinski definition) is 3. The third-order valence-electron chi connectivity index (χ3n) is 4.18. The minimum Gasteiger partial charge on any atom is -0.465 e. The van der Waals surface area contributed by atoms with E-state index in [0.29, 0.717) is 12.6 Å². The minimum atomic E-state index is -0.932. The number of likely N-dealkylation sites (tertiary alicyclic amines) is 1. The molecule has 2 unspecified atom stereocenters. The molecule has 0 bridgehead atoms. The first-order chi connectivity index (χ1) is 10.3. The molecule has 4 N–H and O–H groups in total. The molecule has 2 atom stereocenters. The number of aromatic nitrogens is 1. The summed E-state index contributed by atoms with van der Waals surface area (Å²) in [4.78, 5) is 18.9. The number of carboxylic acid groups (broad SMARTS) is 1. The molecule has 0 aromatic carbocycles. The standard InChI is InChI=1S/C15H26N4O2S/c1-15(2,3)12-6-10(18-14(20)21)4-5-19(12)9-13-17-8-11(7-16)22-13/h8,10,12,18H,4-7,9,16H2,1-3H3,(H,20,21). The second kappa shape index (κ2) is 6.93. The Balaban J connectivity index is 2.07. The van der Waals surface area contributed by atoms with E-state index >= 15 is 0 Å². The van der Waals surface area contributed by atoms with Gasteiger partial charge < -0.3 is 16.2 Å². The van der Waals surface area contributed by atoms with Crippen LogP contribution in [0.4, 0.5) is 4.79 Å². The van der Waals surface area contributed by atoms with Gasteiger partial charge in [-0.3, -0.25) is 4.90 Å². The normalized spacial score (nSPS) is 23.5. The first-order valence-electron chi connectivity index (χ1n) is 7.66. The van der Waals surface area contributed by atoms with Crippen LogP contribution in [-0.2, 0) is 13.1 Å². The van der Waals surface area contributed by atoms with E-state index in [1.165, 1.54) is 0 Å². The van der Waals surface area contributed by atoms with Crippen LogP contribution in [-0.4, -0.2) is 39.7 Å². The van der Waals surface area contributed by atoms with Crippen LogP contribution in [0.3, 0.4) is 0 Å². The quantitative estimate of drug-likeness (QED) is 0.789. The molecule has 1 aliphatic rings. The van der Waals surface area contributed by atoms with Crippen molar-refractivity contribution in [3.8, 4) is 0 Å². The van der Waals surface area contributed by atoms with Crippen molar-refractivity contribution in [1.82, 2.24) is 15.2 Å². The van der Waals surface area contributed by atoms with E-state index in [1.54, 1.807) is 11.3 Å². The van der Waals surface area contributed by atoms with Crippen LogP contribution in [0.2, 0.25) is 0 Å². The molecule has 124 valence electrons. The highest BCUT2D eigenvalue weighted by Gasteiger charge is 2.36. The fraction of sp³-hybridized carbons (Fsp3) is 0.733. The van der Waals surface area contributed by atoms with E-state index in [9.17, 15) is 4.79 Å². The fourth-order valence-corrected chi connectivity index (χ4v) is 3.93. The molecule has 6 nitrogen and oxygen atoms in total. The van der Waals surface area contributed by atoms with Gasteiger partial charge in [-0.2, -0.15) is 0 Å². The van der Waals surface area contributed by atoms with Crippen LogP contribution in [0, 0.1) is 5.41 Å². The molecule has 1 amide bonds. The summed E-state index contributed by atoms with van der Waals surface area (Å²) < 4.78 is 0. The molecule has 1 aliphatic heterocycles. The maximum Gasteiger partial charge on any atom is 0.404 e. The van der Waals surface area contributed by atoms with Gasteiger partial charge in [0.05, 0.1) is 6.54 Å². The summed E-state index contributed by atoms with van der Waals surface area (Å²) >= 11 is 1.66. The molecule has 22 heavy (non-hydrogen) atoms. The molecule has 1 aromatic heterocycles. The molecular formula is C15H26N4O2S. The van der Waals surface area contributed by atoms with Gasteiger partial charge in [-0.1, -0.05) is 20.8 Å². The Labute approximate surface area is 135 Å². The van der Waals surface area contributed by atoms with E-state index in [-0.39, 0.29) is 11.5 Å². The van der Waals surface area contributed by atoms with Gasteiger partial charge in [0, 0.05) is 36.2 Å². The predicted molar refractivity (Wildman–Crippen MR) is 87.8 cm³/mol. The summed E-state index contributed by atoms with van der Waals surface area (Å²) in [5, 5.41) is 12.7. The molecule has 0 radical (unpaired) electrons. The van der Waals surface area contributed by atoms with Crippen LogP contribution in [0.5, 0.6) is 0 Å². The van der Waals surface area contributed by atoms with Crippen LogP contribution in [0.15, 0.2) is 6.20 Å². The van der Waals surface area contributed by atoms with E-state index in [2.05, 4.69) is 36.0 Å². The Kier molecular flexibility index (Phi) is 5.41. The zero-order chi connectivity index (χ0) is 16.3. The zero-order valence-electron chi connectivity index (χ0n) is 13.5. The fourth-order valence-electron chi connectivity index (χ4n) is 3.10. The van der Waals surface area contributed by atoms with Gasteiger partial charge in [-0.05, 0) is 18.3 Å². The van der Waals surface area contributed by atoms with Crippen molar-refractivity contribution in [2.24, 2.45) is 11.1 Å². The number of nitrogens with one attached hydrogen (secondary N) is 1. The van der Waals surface area contributed by atoms with Gasteiger partial charge in [0.2, 0.25) is 0 Å². The number of nitrogens with two attached hydrogens (primary N) is 1. The number of carbonyl (C=O) groups is 1. The lowest BCUT2D eigenvalue weighted by Gasteiger charge is -2.45. The molecule has 1 fully saturated rings. The number of thiazole rings is 1. The largest absolute Gasteiger partial charge is 0.465 e. The average Bonchev–Trinajstić information content (AvgIpc) is 2.86. The van der Waals surface area contributed by atoms with Gasteiger partial charge in [0.25, 0.3) is 0 Å². The summed E-state index contributed by atoms with van der Waals surface area (Å²) in [7, 11) is 0. The van der Waals surface area contributed by atoms with Crippen LogP contribution >= 0.6 is 11.3 Å². The Morgan fingerprint density at radius 3 is 2.86 bits per heavy atom. The predicted octanol–water partition coefficient (Wildman–Crippen LogP) is 2.25. The van der Waals surface area contributed by atoms with Crippen LogP contribution in [0.25, 0.3) is 0 Å². The zero-order valence-corrected chi connectivity index (χ0v) is 14.3. The lowest BCUT2D eigenvalue weighted by Crippen LogP contribution is -2.53. The number of amides is 1. The molecule has 2 rings (SSSR count). The monoisotopic (exact) mass is 326 g/mol. The second-order valence-electron chi connectivity index (χ2n) is 6.95. The van der Waals surface area contributed by atoms with Crippen molar-refractivity contribution < 1.29 is 9.90 Å². The SMILES string of the molecule is CC(C)(C)C1CC(NC(=O)O)CCN1Cc1ncc(CN)s1. The van der Waals surface area contributed by atoms with Gasteiger partial charge in [-0.15, -0.1) is 11.3 Å². The van der Waals surface area contributed by atoms with Gasteiger partial charge in [-0.25, -0.2) is 9.78 Å². The van der Waals surface area contributed by atoms with Crippen molar-refractivity contribution in [2.75, 3.05) is 6.54 Å². The van der Waals surface area contributed by atoms with Crippen molar-refractivity contribution >= 4 is 17.4 Å². The number of hydrogen-bond acceptors (Lipinski definition) is 5. The van der Waals surface area contributed by atoms with Crippen LogP contribution in [0.1, 0.15) is 43.5 Å². The van der Waals surface area contributed by atoms with Crippen molar-refractivity contribution in [3.63, 3.8) is 0 Å². The topological polar surface area (TPSA) is 91.5 Å². The first-order valence-corrected chi connectivity index (χ1v) is 8.48. The number of nitrogens with zero attached hydrogens (tertiary/aromatic N) is 2. The third kappa shape index (κ3) is 4.41. The van der Waals surface area contributed by atoms with E-state index in [0.717, 1.165) is 35.8 Å². The molecule has 0 saturated carbocycles. The van der Waals surface area contributed by atoms with Gasteiger partial charge in [0.1, 0.15) is 5.01 Å². The molecule has 2 heterocycles. The summed E-state index contributed by atoms with van der Waals surface area (Å²) in [6, 6.07) is 0.359. The highest BCUT2D eigenvalue weighted by molar-refractivity contribution is 7.11. The molecule has 1 aromatic rings. The third-order valence-corrected chi connectivity index (χ3v) is 5.19. The number of rotatable bonds is 4. The lowest BCUT2D eigenvalue weighted by molar-refractivity contribution is 0.0426. The maximum absolute atomic E-state index is 10.9. The smallest absolute Gasteiger partial charge is 0.404 e. The lowest BCUT2D eigenvalue weighted by atomic mass is 9.79. The second-order valence-corrected chi connectivity index (χ2v) is 8.15. The van der Waals surface area contributed by atoms with Crippen molar-refractivity contribution in [1.29, 1.82) is 0 Å². The summed E-state index contributed by atoms with van der Waals surface area (Å²) in [5.74, 6) is 0. The Bertz CT molecular complexity index is 512. The van der Waals surface area contributed by atoms with Crippen molar-refractivity contribution in [3.05, 3.63) is 16.1 Å². The summed E-state index contributed by atoms with van der Waals surface area (Å²) in [6.07, 6.45) is 2.60. The van der Waals surface area contributed by atoms with Gasteiger partial charge >= 0.3 is 6.09 Å². The summed E-state index contributed by atoms with van der Waals surface area (Å²) in [6.45, 7) is 8.85. The molecule has 0 aliphatic carbocycles. The minimum absolute atomic E-state index is 0.0360. The first kappa shape index (κ1) is 17.2. The van der Waals surface area contributed by atoms with Gasteiger partial charge in [0.15, 0.2) is 0 Å². The van der Waals surface area contributed by atoms with Crippen LogP contribution < -0.4 is 11.1 Å². The highest BCUT2D eigenvalue weighted by atomic mass is 32.1. The Morgan fingerprint density at radius 1 is 1.59 bits per heavy atom. The molecule has 0 spiro atoms. The van der Waals surface area contributed by atoms with E-state index < -0.39 is 6.09 Å². The molecule has 1 saturated heterocycles. The Morgan fingerprint density at radius 2 is 2.32 bits per heavy atom. The number of piperidine rings is 1. The average molecular weight is 326 g/mol. The molecular weight excluding hydrogens is 300 g/mol. The maximum atomic E-state index is 10.9. The van der Waals surface area contributed by atoms with E-state index in [1.807, 2.05) is 6.20 Å². The molecule has 7 heteroatoms. The summed E-state index contributed by atoms with van der Waals surface area (Å²) in [5.41, 5.74) is 5.74. The Hall–Kier alpha value is -1.18.